The Kier molecular flexibility index (Phi) is 28.3. The van der Waals surface area contributed by atoms with Crippen LogP contribution in [0.3, 0.4) is 0 Å². The van der Waals surface area contributed by atoms with Crippen LogP contribution in [0.2, 0.25) is 0 Å². The lowest BCUT2D eigenvalue weighted by atomic mass is 10.1. The van der Waals surface area contributed by atoms with Gasteiger partial charge in [0.2, 0.25) is 29.5 Å². The fourth-order valence-corrected chi connectivity index (χ4v) is 19.6. The maximum absolute atomic E-state index is 15.2. The zero-order chi connectivity index (χ0) is 102. The molecule has 16 heterocycles. The molecule has 6 aliphatic heterocycles. The van der Waals surface area contributed by atoms with Crippen LogP contribution in [0.25, 0.3) is 44.6 Å². The number of amides is 5. The van der Waals surface area contributed by atoms with E-state index in [9.17, 15) is 50.3 Å². The summed E-state index contributed by atoms with van der Waals surface area (Å²) in [5.41, 5.74) is 18.2. The first-order valence-corrected chi connectivity index (χ1v) is 49.4. The van der Waals surface area contributed by atoms with Crippen LogP contribution >= 0.6 is 15.9 Å². The molecule has 758 valence electrons. The maximum Gasteiger partial charge on any atom is 0.435 e. The molecule has 1 unspecified atom stereocenters. The Morgan fingerprint density at radius 1 is 0.407 bits per heavy atom. The number of aromatic nitrogens is 19. The molecule has 43 heteroatoms. The van der Waals surface area contributed by atoms with Crippen molar-refractivity contribution in [1.82, 2.24) is 118 Å². The van der Waals surface area contributed by atoms with E-state index < -0.39 is 30.4 Å². The van der Waals surface area contributed by atoms with E-state index in [1.165, 1.54) is 105 Å². The third kappa shape index (κ3) is 22.9. The van der Waals surface area contributed by atoms with E-state index in [1.54, 1.807) is 78.1 Å². The molecule has 23 rings (SSSR count). The van der Waals surface area contributed by atoms with Gasteiger partial charge < -0.3 is 55.8 Å². The Hall–Kier alpha value is -14.8. The maximum atomic E-state index is 15.2. The third-order valence-corrected chi connectivity index (χ3v) is 27.8. The Labute approximate surface area is 839 Å². The lowest BCUT2D eigenvalue weighted by Crippen LogP contribution is -2.35. The van der Waals surface area contributed by atoms with Crippen molar-refractivity contribution in [2.75, 3.05) is 72.5 Å². The number of pyridine rings is 1. The second kappa shape index (κ2) is 41.5. The van der Waals surface area contributed by atoms with E-state index >= 15 is 4.39 Å². The molecule has 1 atom stereocenters. The van der Waals surface area contributed by atoms with Gasteiger partial charge in [0.1, 0.15) is 6.54 Å². The van der Waals surface area contributed by atoms with Gasteiger partial charge in [0.15, 0.2) is 40.6 Å². The van der Waals surface area contributed by atoms with E-state index in [0.29, 0.717) is 105 Å². The standard InChI is InChI=1S/C22H24F3N7O2.2C21H24N6O.C20H20F4N6O.C18H21BrN4O/c1-13(33)31-7-5-19-17(11-31)21(29-32(19)15-6-8-34-12-15)27-14-3-4-18(26-9-14)16-10-30(2)28-20(16)22(23,24)25;1-14(28)26-10-9-20-19(13-26)21(24-27(20)18-7-8-18)23-17-5-3-15(4-6-17)16-11-22-25(2)12-16;1-14(28)26-9-8-20-19(13-26)21(24-27(20)18-6-7-18)23-17-5-3-4-15(10-17)16-11-22-25(2)12-16;1-12(31)29-7-6-17-15(10-29)19(27-30(17)11-20(22,23)24)26-16-5-3-4-14(18(16)21)13-8-25-28(2)9-13;1-12(24)22-8-7-17-16(11-22)18(21-23(17)10-13-5-6-13)20-15-4-2-3-14(19)9-15/h3-4,9-10,15H,5-8,11-12H2,1-2H3,(H,27,29);3-6,11-12,18H,7-10,13H2,1-2H3,(H,23,24);3-5,10-12,18H,6-9,13H2,1-2H3,(H,23,24);3-5,8-9H,6-7,10-11H2,1-2H3,(H,26,27);2-4,9,13H,5-8,10-11H2,1H3,(H,20,21). The number of nitrogens with zero attached hydrogens (tertiary/aromatic N) is 24. The third-order valence-electron chi connectivity index (χ3n) is 27.4. The van der Waals surface area contributed by atoms with Gasteiger partial charge in [0, 0.05) is 266 Å². The highest BCUT2D eigenvalue weighted by Crippen LogP contribution is 2.45. The summed E-state index contributed by atoms with van der Waals surface area (Å²) in [5.74, 6) is 3.73. The molecule has 10 aromatic heterocycles. The quantitative estimate of drug-likeness (QED) is 0.0443. The van der Waals surface area contributed by atoms with Crippen molar-refractivity contribution in [3.05, 3.63) is 225 Å². The van der Waals surface area contributed by atoms with Crippen molar-refractivity contribution < 1.29 is 59.4 Å². The summed E-state index contributed by atoms with van der Waals surface area (Å²) in [6, 6.07) is 33.7. The molecular weight excluding hydrogens is 1940 g/mol. The predicted octanol–water partition coefficient (Wildman–Crippen LogP) is 17.2. The van der Waals surface area contributed by atoms with Gasteiger partial charge in [-0.15, -0.1) is 0 Å². The molecule has 35 nitrogen and oxygen atoms in total. The number of hydrogen-bond acceptors (Lipinski definition) is 21. The average Bonchev–Trinajstić information content (AvgIpc) is 1.61. The molecule has 5 N–H and O–H groups in total. The molecule has 4 aromatic carbocycles. The minimum absolute atomic E-state index is 0.00323. The van der Waals surface area contributed by atoms with Crippen LogP contribution in [0.4, 0.5) is 88.3 Å². The number of nitrogens with one attached hydrogen (secondary N) is 5. The molecule has 145 heavy (non-hydrogen) atoms. The Balaban J connectivity index is 0.000000115. The zero-order valence-corrected chi connectivity index (χ0v) is 83.4. The van der Waals surface area contributed by atoms with Gasteiger partial charge in [-0.2, -0.15) is 72.2 Å². The summed E-state index contributed by atoms with van der Waals surface area (Å²) in [7, 11) is 6.99. The topological polar surface area (TPSA) is 344 Å². The molecule has 3 aliphatic carbocycles. The summed E-state index contributed by atoms with van der Waals surface area (Å²) in [4.78, 5) is 72.6. The molecular formula is C102H113BrF7N29O6. The zero-order valence-electron chi connectivity index (χ0n) is 81.8. The van der Waals surface area contributed by atoms with Crippen molar-refractivity contribution >= 4 is 103 Å². The highest BCUT2D eigenvalue weighted by atomic mass is 79.9. The first kappa shape index (κ1) is 99.0. The summed E-state index contributed by atoms with van der Waals surface area (Å²) < 4.78 is 117. The molecule has 3 saturated carbocycles. The number of fused-ring (bicyclic) bond motifs is 5. The molecule has 0 bridgehead atoms. The number of anilines is 10. The molecule has 4 fully saturated rings. The minimum Gasteiger partial charge on any atom is -0.379 e. The van der Waals surface area contributed by atoms with Gasteiger partial charge in [-0.05, 0) is 123 Å². The predicted molar refractivity (Wildman–Crippen MR) is 533 cm³/mol. The molecule has 1 saturated heterocycles. The minimum atomic E-state index is -4.58. The van der Waals surface area contributed by atoms with Crippen LogP contribution in [-0.2, 0) is 141 Å². The number of rotatable bonds is 20. The van der Waals surface area contributed by atoms with Crippen LogP contribution in [0.5, 0.6) is 0 Å². The second-order valence-corrected chi connectivity index (χ2v) is 39.1. The Morgan fingerprint density at radius 3 is 1.30 bits per heavy atom. The summed E-state index contributed by atoms with van der Waals surface area (Å²) in [6.45, 7) is 14.6. The van der Waals surface area contributed by atoms with Crippen LogP contribution < -0.4 is 26.6 Å². The molecule has 5 amide bonds. The van der Waals surface area contributed by atoms with E-state index in [1.807, 2.05) is 94.7 Å². The molecule has 0 radical (unpaired) electrons. The van der Waals surface area contributed by atoms with Crippen molar-refractivity contribution in [3.63, 3.8) is 0 Å². The van der Waals surface area contributed by atoms with Crippen molar-refractivity contribution in [3.8, 4) is 44.6 Å². The highest BCUT2D eigenvalue weighted by Gasteiger charge is 2.41. The number of hydrogen-bond donors (Lipinski definition) is 5. The number of halogens is 8. The van der Waals surface area contributed by atoms with Gasteiger partial charge in [-0.3, -0.25) is 71.1 Å². The normalized spacial score (nSPS) is 16.3. The lowest BCUT2D eigenvalue weighted by Gasteiger charge is -2.27. The fourth-order valence-electron chi connectivity index (χ4n) is 19.2. The van der Waals surface area contributed by atoms with Gasteiger partial charge in [-0.1, -0.05) is 58.4 Å². The van der Waals surface area contributed by atoms with Gasteiger partial charge in [0.25, 0.3) is 0 Å². The van der Waals surface area contributed by atoms with E-state index in [0.717, 1.165) is 156 Å². The first-order chi connectivity index (χ1) is 69.6. The van der Waals surface area contributed by atoms with E-state index in [4.69, 9.17) is 25.1 Å². The second-order valence-electron chi connectivity index (χ2n) is 38.2. The van der Waals surface area contributed by atoms with Crippen LogP contribution in [0, 0.1) is 11.7 Å². The van der Waals surface area contributed by atoms with E-state index in [-0.39, 0.29) is 71.3 Å². The van der Waals surface area contributed by atoms with Crippen LogP contribution in [0.15, 0.2) is 157 Å². The number of benzene rings is 4. The Bertz CT molecular complexity index is 7140. The lowest BCUT2D eigenvalue weighted by molar-refractivity contribution is -0.143. The summed E-state index contributed by atoms with van der Waals surface area (Å²) in [5, 5.41) is 56.1. The van der Waals surface area contributed by atoms with Gasteiger partial charge in [-0.25, -0.2) is 4.39 Å². The molecule has 9 aliphatic rings. The SMILES string of the molecule is CC(=O)N1CCc2c(c(Nc3ccc(-c4cn(C)nc4C(F)(F)F)nc3)nn2C2CCOC2)C1.CC(=O)N1CCc2c(c(Nc3ccc(-c4cnn(C)c4)cc3)nn2C2CC2)C1.CC(=O)N1CCc2c(c(Nc3cccc(-c4cnn(C)c4)c3)nn2C2CC2)C1.CC(=O)N1CCc2c(c(Nc3cccc(-c4cnn(C)c4)c3F)nn2CC(F)(F)F)C1.CC(=O)N1CCc2c(c(Nc3cccc(Br)c3)nn2CC2CC2)C1. The monoisotopic (exact) mass is 2050 g/mol. The van der Waals surface area contributed by atoms with Gasteiger partial charge >= 0.3 is 12.4 Å². The number of carbonyl (C=O) groups is 5. The largest absolute Gasteiger partial charge is 0.435 e. The van der Waals surface area contributed by atoms with Gasteiger partial charge in [0.05, 0.1) is 105 Å². The first-order valence-electron chi connectivity index (χ1n) is 48.6. The van der Waals surface area contributed by atoms with Crippen molar-refractivity contribution in [2.24, 2.45) is 34.1 Å². The summed E-state index contributed by atoms with van der Waals surface area (Å²) in [6.07, 6.45) is 16.5. The molecule has 0 spiro atoms. The van der Waals surface area contributed by atoms with Crippen molar-refractivity contribution in [1.29, 1.82) is 0 Å². The number of alkyl halides is 6. The van der Waals surface area contributed by atoms with Crippen LogP contribution in [0.1, 0.15) is 160 Å². The number of ether oxygens (including phenoxy) is 1. The smallest absolute Gasteiger partial charge is 0.379 e. The number of aryl methyl sites for hydroxylation is 4. The van der Waals surface area contributed by atoms with Crippen LogP contribution in [-0.4, -0.2) is 199 Å². The molecule has 14 aromatic rings. The van der Waals surface area contributed by atoms with Crippen molar-refractivity contribution in [2.45, 2.75) is 188 Å². The van der Waals surface area contributed by atoms with E-state index in [2.05, 4.69) is 123 Å². The fraction of sp³-hybridized carbons (Fsp3) is 0.402. The summed E-state index contributed by atoms with van der Waals surface area (Å²) >= 11 is 3.51. The Morgan fingerprint density at radius 2 is 0.841 bits per heavy atom. The highest BCUT2D eigenvalue weighted by molar-refractivity contribution is 9.10. The number of carbonyl (C=O) groups excluding carboxylic acids is 5. The average molecular weight is 2050 g/mol.